The van der Waals surface area contributed by atoms with Gasteiger partial charge in [0.25, 0.3) is 5.91 Å². The molecule has 0 fully saturated rings. The number of hydrogen-bond acceptors (Lipinski definition) is 9. The number of ether oxygens (including phenoxy) is 2. The molecular weight excluding hydrogens is 575 g/mol. The van der Waals surface area contributed by atoms with Gasteiger partial charge in [-0.25, -0.2) is 0 Å². The molecule has 0 saturated carbocycles. The number of carbonyl (C=O) groups is 1. The van der Waals surface area contributed by atoms with Crippen LogP contribution in [0.2, 0.25) is 0 Å². The number of benzene rings is 2. The molecule has 0 radical (unpaired) electrons. The maximum atomic E-state index is 12.8. The lowest BCUT2D eigenvalue weighted by Crippen LogP contribution is -2.31. The molecule has 0 spiro atoms. The minimum atomic E-state index is -4.56. The van der Waals surface area contributed by atoms with Crippen molar-refractivity contribution in [1.82, 2.24) is 25.2 Å². The normalized spacial score (nSPS) is 15.3. The number of fused-ring (bicyclic) bond motifs is 2. The highest BCUT2D eigenvalue weighted by Crippen LogP contribution is 2.21. The molecule has 1 aromatic heterocycles. The minimum absolute atomic E-state index is 0.0204. The lowest BCUT2D eigenvalue weighted by atomic mass is 10.1. The Labute approximate surface area is 255 Å². The summed E-state index contributed by atoms with van der Waals surface area (Å²) in [6.07, 6.45) is -1.81. The zero-order valence-corrected chi connectivity index (χ0v) is 24.9. The summed E-state index contributed by atoms with van der Waals surface area (Å²) in [5.74, 6) is 0.819. The number of halogens is 3. The van der Waals surface area contributed by atoms with Crippen LogP contribution in [-0.4, -0.2) is 64.8 Å². The van der Waals surface area contributed by atoms with Crippen molar-refractivity contribution >= 4 is 23.5 Å². The van der Waals surface area contributed by atoms with E-state index in [0.717, 1.165) is 37.1 Å². The number of nitrogens with one attached hydrogen (secondary N) is 3. The molecule has 0 atom stereocenters. The number of allylic oxidation sites excluding steroid dienone is 1. The van der Waals surface area contributed by atoms with Gasteiger partial charge in [0, 0.05) is 36.6 Å². The fourth-order valence-electron chi connectivity index (χ4n) is 4.37. The molecule has 10 nitrogen and oxygen atoms in total. The van der Waals surface area contributed by atoms with Gasteiger partial charge < -0.3 is 30.3 Å². The van der Waals surface area contributed by atoms with Gasteiger partial charge in [-0.1, -0.05) is 32.6 Å². The molecule has 44 heavy (non-hydrogen) atoms. The summed E-state index contributed by atoms with van der Waals surface area (Å²) in [7, 11) is 0. The first kappa shape index (κ1) is 32.4. The van der Waals surface area contributed by atoms with Crippen LogP contribution in [0.5, 0.6) is 11.8 Å². The van der Waals surface area contributed by atoms with Crippen molar-refractivity contribution in [3.8, 4) is 11.8 Å². The van der Waals surface area contributed by atoms with Crippen LogP contribution in [0.15, 0.2) is 60.8 Å². The van der Waals surface area contributed by atoms with Gasteiger partial charge >= 0.3 is 12.2 Å². The van der Waals surface area contributed by atoms with Crippen LogP contribution in [0.25, 0.3) is 0 Å². The molecule has 0 aliphatic carbocycles. The van der Waals surface area contributed by atoms with Crippen molar-refractivity contribution < 1.29 is 27.4 Å². The SMILES string of the molecule is C=C(C(C)C)N1CCCCCNC(=O)c2ccc(cc2)Nc2nc(nc(OCC(F)(F)F)n2)NCc2ccc(cc2)OCC1. The van der Waals surface area contributed by atoms with Crippen molar-refractivity contribution in [2.75, 3.05) is 43.5 Å². The minimum Gasteiger partial charge on any atom is -0.492 e. The average molecular weight is 614 g/mol. The molecule has 1 amide bonds. The molecular formula is C31H38F3N7O3. The zero-order valence-electron chi connectivity index (χ0n) is 24.9. The summed E-state index contributed by atoms with van der Waals surface area (Å²) in [5.41, 5.74) is 2.93. The molecule has 3 aliphatic rings. The Bertz CT molecular complexity index is 1380. The van der Waals surface area contributed by atoms with Crippen LogP contribution in [0.3, 0.4) is 0 Å². The molecule has 4 heterocycles. The Kier molecular flexibility index (Phi) is 11.2. The van der Waals surface area contributed by atoms with Gasteiger partial charge in [-0.15, -0.1) is 0 Å². The highest BCUT2D eigenvalue weighted by Gasteiger charge is 2.29. The molecule has 3 N–H and O–H groups in total. The van der Waals surface area contributed by atoms with Crippen molar-refractivity contribution in [2.45, 2.75) is 45.8 Å². The van der Waals surface area contributed by atoms with E-state index in [2.05, 4.69) is 56.2 Å². The molecule has 0 unspecified atom stereocenters. The fourth-order valence-corrected chi connectivity index (χ4v) is 4.37. The van der Waals surface area contributed by atoms with E-state index >= 15 is 0 Å². The zero-order chi connectivity index (χ0) is 31.5. The Morgan fingerprint density at radius 1 is 0.977 bits per heavy atom. The largest absolute Gasteiger partial charge is 0.492 e. The summed E-state index contributed by atoms with van der Waals surface area (Å²) < 4.78 is 49.2. The lowest BCUT2D eigenvalue weighted by Gasteiger charge is -2.29. The number of rotatable bonds is 4. The van der Waals surface area contributed by atoms with Gasteiger partial charge in [0.2, 0.25) is 11.9 Å². The number of hydrogen-bond donors (Lipinski definition) is 3. The van der Waals surface area contributed by atoms with Crippen LogP contribution in [0.4, 0.5) is 30.8 Å². The van der Waals surface area contributed by atoms with Gasteiger partial charge in [0.15, 0.2) is 6.61 Å². The second-order valence-electron chi connectivity index (χ2n) is 10.7. The molecule has 236 valence electrons. The van der Waals surface area contributed by atoms with E-state index in [9.17, 15) is 18.0 Å². The predicted octanol–water partition coefficient (Wildman–Crippen LogP) is 5.93. The number of aromatic nitrogens is 3. The third-order valence-corrected chi connectivity index (χ3v) is 6.85. The maximum Gasteiger partial charge on any atom is 0.422 e. The first-order valence-electron chi connectivity index (χ1n) is 14.6. The van der Waals surface area contributed by atoms with Crippen LogP contribution in [0.1, 0.15) is 49.0 Å². The molecule has 13 heteroatoms. The van der Waals surface area contributed by atoms with E-state index in [1.807, 2.05) is 24.3 Å². The van der Waals surface area contributed by atoms with Crippen LogP contribution >= 0.6 is 0 Å². The standard InChI is InChI=1S/C31H38F3N7O3/c1-21(2)22(3)41-16-6-4-5-15-35-27(42)24-9-11-25(12-10-24)37-29-38-28(39-30(40-29)44-20-31(32,33)34)36-19-23-7-13-26(14-8-23)43-18-17-41/h7-14,21H,3-6,15-20H2,1-2H3,(H,35,42)(H2,36,37,38,39,40). The quantitative estimate of drug-likeness (QED) is 0.329. The first-order valence-corrected chi connectivity index (χ1v) is 14.6. The summed E-state index contributed by atoms with van der Waals surface area (Å²) in [5, 5.41) is 8.89. The topological polar surface area (TPSA) is 114 Å². The van der Waals surface area contributed by atoms with Gasteiger partial charge in [-0.05, 0) is 67.1 Å². The maximum absolute atomic E-state index is 12.8. The second-order valence-corrected chi connectivity index (χ2v) is 10.7. The van der Waals surface area contributed by atoms with Gasteiger partial charge in [-0.2, -0.15) is 28.1 Å². The Hall–Kier alpha value is -4.55. The Balaban J connectivity index is 1.53. The average Bonchev–Trinajstić information content (AvgIpc) is 2.99. The fraction of sp³-hybridized carbons (Fsp3) is 0.419. The van der Waals surface area contributed by atoms with Crippen LogP contribution < -0.4 is 25.4 Å². The highest BCUT2D eigenvalue weighted by molar-refractivity contribution is 5.94. The number of alkyl halides is 3. The molecule has 3 aromatic rings. The van der Waals surface area contributed by atoms with E-state index in [-0.39, 0.29) is 24.3 Å². The lowest BCUT2D eigenvalue weighted by molar-refractivity contribution is -0.154. The predicted molar refractivity (Wildman–Crippen MR) is 162 cm³/mol. The van der Waals surface area contributed by atoms with E-state index < -0.39 is 18.8 Å². The van der Waals surface area contributed by atoms with E-state index in [0.29, 0.717) is 42.6 Å². The Morgan fingerprint density at radius 2 is 1.70 bits per heavy atom. The number of amides is 1. The molecule has 3 aliphatic heterocycles. The van der Waals surface area contributed by atoms with Crippen LogP contribution in [0, 0.1) is 5.92 Å². The summed E-state index contributed by atoms with van der Waals surface area (Å²) in [6.45, 7) is 9.84. The molecule has 2 aromatic carbocycles. The summed E-state index contributed by atoms with van der Waals surface area (Å²) in [6, 6.07) is 13.6. The summed E-state index contributed by atoms with van der Waals surface area (Å²) >= 11 is 0. The Morgan fingerprint density at radius 3 is 2.41 bits per heavy atom. The van der Waals surface area contributed by atoms with Crippen molar-refractivity contribution in [3.05, 3.63) is 71.9 Å². The smallest absolute Gasteiger partial charge is 0.422 e. The molecule has 0 saturated heterocycles. The second kappa shape index (κ2) is 15.3. The number of anilines is 3. The number of nitrogens with zero attached hydrogens (tertiary/aromatic N) is 4. The van der Waals surface area contributed by atoms with E-state index in [1.165, 1.54) is 0 Å². The van der Waals surface area contributed by atoms with Gasteiger partial charge in [0.1, 0.15) is 12.4 Å². The highest BCUT2D eigenvalue weighted by atomic mass is 19.4. The van der Waals surface area contributed by atoms with Gasteiger partial charge in [-0.3, -0.25) is 4.79 Å². The van der Waals surface area contributed by atoms with Crippen molar-refractivity contribution in [2.24, 2.45) is 5.92 Å². The van der Waals surface area contributed by atoms with Crippen LogP contribution in [-0.2, 0) is 6.54 Å². The van der Waals surface area contributed by atoms with E-state index in [1.54, 1.807) is 24.3 Å². The molecule has 6 bridgehead atoms. The number of carbonyl (C=O) groups excluding carboxylic acids is 1. The monoisotopic (exact) mass is 613 g/mol. The van der Waals surface area contributed by atoms with E-state index in [4.69, 9.17) is 9.47 Å². The van der Waals surface area contributed by atoms with Crippen molar-refractivity contribution in [1.29, 1.82) is 0 Å². The van der Waals surface area contributed by atoms with Gasteiger partial charge in [0.05, 0.1) is 6.54 Å². The third-order valence-electron chi connectivity index (χ3n) is 6.85. The third kappa shape index (κ3) is 10.3. The van der Waals surface area contributed by atoms with Crippen molar-refractivity contribution in [3.63, 3.8) is 0 Å². The molecule has 6 rings (SSSR count). The first-order chi connectivity index (χ1) is 21.1. The summed E-state index contributed by atoms with van der Waals surface area (Å²) in [4.78, 5) is 27.1.